The maximum absolute atomic E-state index is 12.2. The van der Waals surface area contributed by atoms with Crippen molar-refractivity contribution in [2.75, 3.05) is 26.8 Å². The van der Waals surface area contributed by atoms with Crippen LogP contribution in [0.3, 0.4) is 0 Å². The van der Waals surface area contributed by atoms with Crippen LogP contribution in [0.1, 0.15) is 51.0 Å². The minimum absolute atomic E-state index is 0. The molecule has 0 fully saturated rings. The van der Waals surface area contributed by atoms with E-state index in [2.05, 4.69) is 22.0 Å². The molecule has 9 heteroatoms. The zero-order chi connectivity index (χ0) is 20.0. The number of benzene rings is 1. The van der Waals surface area contributed by atoms with Crippen LogP contribution >= 0.6 is 24.0 Å². The van der Waals surface area contributed by atoms with Gasteiger partial charge in [-0.15, -0.1) is 24.0 Å². The number of guanidine groups is 1. The molecule has 0 bridgehead atoms. The molecule has 0 radical (unpaired) electrons. The van der Waals surface area contributed by atoms with Crippen molar-refractivity contribution in [3.8, 4) is 0 Å². The summed E-state index contributed by atoms with van der Waals surface area (Å²) in [6, 6.07) is 6.70. The molecule has 0 aliphatic carbocycles. The minimum atomic E-state index is -3.55. The van der Waals surface area contributed by atoms with Gasteiger partial charge in [0.15, 0.2) is 5.96 Å². The summed E-state index contributed by atoms with van der Waals surface area (Å²) in [6.45, 7) is 3.90. The zero-order valence-electron chi connectivity index (χ0n) is 16.9. The lowest BCUT2D eigenvalue weighted by Gasteiger charge is -2.08. The number of nitrogens with zero attached hydrogens (tertiary/aromatic N) is 1. The van der Waals surface area contributed by atoms with Crippen LogP contribution in [0.15, 0.2) is 34.2 Å². The molecule has 28 heavy (non-hydrogen) atoms. The highest BCUT2D eigenvalue weighted by molar-refractivity contribution is 14.0. The first-order valence-corrected chi connectivity index (χ1v) is 11.1. The molecular weight excluding hydrogens is 491 g/mol. The van der Waals surface area contributed by atoms with E-state index < -0.39 is 10.0 Å². The summed E-state index contributed by atoms with van der Waals surface area (Å²) in [5.74, 6) is 0.384. The number of methoxy groups -OCH3 is 1. The van der Waals surface area contributed by atoms with Crippen molar-refractivity contribution >= 4 is 40.0 Å². The van der Waals surface area contributed by atoms with Gasteiger partial charge in [-0.2, -0.15) is 0 Å². The van der Waals surface area contributed by atoms with Gasteiger partial charge in [-0.25, -0.2) is 18.1 Å². The number of nitrogens with two attached hydrogens (primary N) is 1. The summed E-state index contributed by atoms with van der Waals surface area (Å²) in [6.07, 6.45) is 7.36. The molecule has 4 N–H and O–H groups in total. The summed E-state index contributed by atoms with van der Waals surface area (Å²) >= 11 is 0. The third-order valence-electron chi connectivity index (χ3n) is 4.08. The highest BCUT2D eigenvalue weighted by Crippen LogP contribution is 2.12. The van der Waals surface area contributed by atoms with E-state index in [1.807, 2.05) is 6.07 Å². The van der Waals surface area contributed by atoms with Gasteiger partial charge >= 0.3 is 0 Å². The number of sulfonamides is 1. The number of hydrogen-bond donors (Lipinski definition) is 3. The molecule has 0 aliphatic heterocycles. The fourth-order valence-corrected chi connectivity index (χ4v) is 3.61. The zero-order valence-corrected chi connectivity index (χ0v) is 20.1. The quantitative estimate of drug-likeness (QED) is 0.150. The second kappa shape index (κ2) is 15.9. The number of hydrogen-bond acceptors (Lipinski definition) is 4. The third kappa shape index (κ3) is 11.8. The monoisotopic (exact) mass is 526 g/mol. The van der Waals surface area contributed by atoms with Gasteiger partial charge in [0.1, 0.15) is 0 Å². The van der Waals surface area contributed by atoms with Crippen LogP contribution < -0.4 is 15.8 Å². The van der Waals surface area contributed by atoms with E-state index in [-0.39, 0.29) is 35.4 Å². The largest absolute Gasteiger partial charge is 0.383 e. The van der Waals surface area contributed by atoms with Crippen molar-refractivity contribution in [1.82, 2.24) is 10.0 Å². The fraction of sp³-hybridized carbons (Fsp3) is 0.632. The van der Waals surface area contributed by atoms with Gasteiger partial charge in [-0.3, -0.25) is 0 Å². The van der Waals surface area contributed by atoms with Crippen molar-refractivity contribution in [3.63, 3.8) is 0 Å². The molecule has 0 spiro atoms. The van der Waals surface area contributed by atoms with Gasteiger partial charge in [-0.1, -0.05) is 51.2 Å². The molecule has 0 unspecified atom stereocenters. The average Bonchev–Trinajstić information content (AvgIpc) is 2.66. The van der Waals surface area contributed by atoms with E-state index in [1.165, 1.54) is 39.2 Å². The molecule has 0 saturated carbocycles. The molecule has 0 atom stereocenters. The van der Waals surface area contributed by atoms with Crippen LogP contribution in [-0.4, -0.2) is 41.2 Å². The second-order valence-electron chi connectivity index (χ2n) is 6.43. The summed E-state index contributed by atoms with van der Waals surface area (Å²) in [5.41, 5.74) is 6.67. The number of rotatable bonds is 14. The minimum Gasteiger partial charge on any atom is -0.383 e. The maximum atomic E-state index is 12.2. The Labute approximate surface area is 187 Å². The normalized spacial score (nSPS) is 11.9. The molecule has 1 aromatic carbocycles. The number of halogens is 1. The van der Waals surface area contributed by atoms with E-state index in [4.69, 9.17) is 10.5 Å². The van der Waals surface area contributed by atoms with Crippen LogP contribution in [0.4, 0.5) is 0 Å². The van der Waals surface area contributed by atoms with Crippen molar-refractivity contribution in [2.24, 2.45) is 10.7 Å². The van der Waals surface area contributed by atoms with Crippen LogP contribution in [0.2, 0.25) is 0 Å². The number of unbranched alkanes of at least 4 members (excludes halogenated alkanes) is 5. The topological polar surface area (TPSA) is 106 Å². The summed E-state index contributed by atoms with van der Waals surface area (Å²) < 4.78 is 31.8. The van der Waals surface area contributed by atoms with Crippen molar-refractivity contribution in [2.45, 2.75) is 56.9 Å². The molecule has 0 amide bonds. The van der Waals surface area contributed by atoms with Gasteiger partial charge in [0, 0.05) is 20.2 Å². The standard InChI is InChI=1S/C19H34N4O3S.HI/c1-3-4-5-6-7-8-12-21-19(20)22-16-17-10-9-11-18(15-17)27(24,25)23-13-14-26-2;/h9-11,15,23H,3-8,12-14,16H2,1-2H3,(H3,20,21,22);1H. The van der Waals surface area contributed by atoms with Crippen LogP contribution in [-0.2, 0) is 21.3 Å². The van der Waals surface area contributed by atoms with Gasteiger partial charge in [0.2, 0.25) is 10.0 Å². The Morgan fingerprint density at radius 2 is 1.86 bits per heavy atom. The highest BCUT2D eigenvalue weighted by atomic mass is 127. The van der Waals surface area contributed by atoms with E-state index in [0.717, 1.165) is 18.5 Å². The number of ether oxygens (including phenoxy) is 1. The number of aliphatic imine (C=N–C) groups is 1. The summed E-state index contributed by atoms with van der Waals surface area (Å²) in [5, 5.41) is 3.11. The Balaban J connectivity index is 0.00000729. The molecule has 0 aliphatic rings. The Kier molecular flexibility index (Phi) is 15.4. The molecule has 7 nitrogen and oxygen atoms in total. The molecule has 162 valence electrons. The van der Waals surface area contributed by atoms with Gasteiger partial charge in [0.25, 0.3) is 0 Å². The Hall–Kier alpha value is -0.910. The van der Waals surface area contributed by atoms with E-state index in [0.29, 0.717) is 19.1 Å². The average molecular weight is 526 g/mol. The summed E-state index contributed by atoms with van der Waals surface area (Å²) in [7, 11) is -2.02. The molecule has 0 heterocycles. The molecular formula is C19H35IN4O3S. The SMILES string of the molecule is CCCCCCCCNC(N)=NCc1cccc(S(=O)(=O)NCCOC)c1.I. The van der Waals surface area contributed by atoms with Crippen molar-refractivity contribution < 1.29 is 13.2 Å². The first-order valence-electron chi connectivity index (χ1n) is 9.61. The predicted octanol–water partition coefficient (Wildman–Crippen LogP) is 2.99. The molecule has 0 aromatic heterocycles. The maximum Gasteiger partial charge on any atom is 0.240 e. The lowest BCUT2D eigenvalue weighted by atomic mass is 10.1. The van der Waals surface area contributed by atoms with Crippen LogP contribution in [0.25, 0.3) is 0 Å². The first-order chi connectivity index (χ1) is 13.0. The van der Waals surface area contributed by atoms with Gasteiger partial charge in [0.05, 0.1) is 18.0 Å². The molecule has 1 rings (SSSR count). The van der Waals surface area contributed by atoms with E-state index in [1.54, 1.807) is 18.2 Å². The Morgan fingerprint density at radius 3 is 2.57 bits per heavy atom. The van der Waals surface area contributed by atoms with Crippen LogP contribution in [0.5, 0.6) is 0 Å². The lowest BCUT2D eigenvalue weighted by molar-refractivity contribution is 0.204. The Bertz CT molecular complexity index is 669. The Morgan fingerprint density at radius 1 is 1.14 bits per heavy atom. The summed E-state index contributed by atoms with van der Waals surface area (Å²) in [4.78, 5) is 4.50. The smallest absolute Gasteiger partial charge is 0.240 e. The van der Waals surface area contributed by atoms with Crippen molar-refractivity contribution in [3.05, 3.63) is 29.8 Å². The second-order valence-corrected chi connectivity index (χ2v) is 8.20. The first kappa shape index (κ1) is 27.1. The van der Waals surface area contributed by atoms with Gasteiger partial charge in [-0.05, 0) is 24.1 Å². The third-order valence-corrected chi connectivity index (χ3v) is 5.53. The lowest BCUT2D eigenvalue weighted by Crippen LogP contribution is -2.32. The van der Waals surface area contributed by atoms with Gasteiger partial charge < -0.3 is 15.8 Å². The molecule has 0 saturated heterocycles. The number of nitrogens with one attached hydrogen (secondary N) is 2. The highest BCUT2D eigenvalue weighted by Gasteiger charge is 2.13. The molecule has 1 aromatic rings. The van der Waals surface area contributed by atoms with E-state index >= 15 is 0 Å². The fourth-order valence-electron chi connectivity index (χ4n) is 2.53. The van der Waals surface area contributed by atoms with Crippen molar-refractivity contribution in [1.29, 1.82) is 0 Å². The van der Waals surface area contributed by atoms with E-state index in [9.17, 15) is 8.42 Å². The van der Waals surface area contributed by atoms with Crippen LogP contribution in [0, 0.1) is 0 Å². The predicted molar refractivity (Wildman–Crippen MR) is 126 cm³/mol.